The van der Waals surface area contributed by atoms with Crippen molar-refractivity contribution >= 4 is 23.7 Å². The molecule has 1 N–H and O–H groups in total. The Morgan fingerprint density at radius 3 is 2.53 bits per heavy atom. The second-order valence-corrected chi connectivity index (χ2v) is 6.23. The largest absolute Gasteiger partial charge is 0.357 e. The Bertz CT molecular complexity index is 404. The third-order valence-corrected chi connectivity index (χ3v) is 4.29. The lowest BCUT2D eigenvalue weighted by Crippen LogP contribution is -2.31. The minimum absolute atomic E-state index is 0.637. The predicted molar refractivity (Wildman–Crippen MR) is 81.0 cm³/mol. The summed E-state index contributed by atoms with van der Waals surface area (Å²) in [6.45, 7) is 6.53. The molecule has 1 aliphatic heterocycles. The molecule has 106 valence electrons. The molecule has 0 spiro atoms. The first-order valence-corrected chi connectivity index (χ1v) is 7.99. The number of anilines is 2. The summed E-state index contributed by atoms with van der Waals surface area (Å²) in [4.78, 5) is 15.8. The number of hydrogen-bond donors (Lipinski definition) is 1. The van der Waals surface area contributed by atoms with Crippen LogP contribution in [0.15, 0.2) is 5.16 Å². The maximum atomic E-state index is 4.60. The van der Waals surface area contributed by atoms with Crippen molar-refractivity contribution in [1.29, 1.82) is 0 Å². The number of piperidine rings is 1. The third kappa shape index (κ3) is 4.23. The number of nitrogens with one attached hydrogen (secondary N) is 1. The van der Waals surface area contributed by atoms with E-state index in [0.717, 1.165) is 29.9 Å². The van der Waals surface area contributed by atoms with Gasteiger partial charge in [0, 0.05) is 25.9 Å². The highest BCUT2D eigenvalue weighted by Crippen LogP contribution is 2.22. The van der Waals surface area contributed by atoms with Crippen LogP contribution in [-0.4, -0.2) is 40.8 Å². The maximum absolute atomic E-state index is 4.60. The Morgan fingerprint density at radius 2 is 1.89 bits per heavy atom. The predicted octanol–water partition coefficient (Wildman–Crippen LogP) is 2.65. The van der Waals surface area contributed by atoms with Crippen molar-refractivity contribution in [3.8, 4) is 0 Å². The van der Waals surface area contributed by atoms with Gasteiger partial charge in [0.1, 0.15) is 0 Å². The molecule has 2 rings (SSSR count). The lowest BCUT2D eigenvalue weighted by Gasteiger charge is -2.26. The molecule has 0 atom stereocenters. The summed E-state index contributed by atoms with van der Waals surface area (Å²) in [6, 6.07) is 0. The molecule has 19 heavy (non-hydrogen) atoms. The molecule has 1 aliphatic rings. The minimum Gasteiger partial charge on any atom is -0.357 e. The molecule has 5 nitrogen and oxygen atoms in total. The summed E-state index contributed by atoms with van der Waals surface area (Å²) >= 11 is 1.71. The Labute approximate surface area is 119 Å². The molecule has 1 fully saturated rings. The van der Waals surface area contributed by atoms with Crippen molar-refractivity contribution in [2.75, 3.05) is 36.1 Å². The van der Waals surface area contributed by atoms with Crippen LogP contribution in [-0.2, 0) is 0 Å². The van der Waals surface area contributed by atoms with E-state index in [1.807, 2.05) is 7.05 Å². The zero-order chi connectivity index (χ0) is 13.7. The fraction of sp³-hybridized carbons (Fsp3) is 0.769. The van der Waals surface area contributed by atoms with Crippen molar-refractivity contribution in [1.82, 2.24) is 15.0 Å². The molecule has 2 heterocycles. The third-order valence-electron chi connectivity index (χ3n) is 3.01. The van der Waals surface area contributed by atoms with E-state index < -0.39 is 0 Å². The van der Waals surface area contributed by atoms with Crippen LogP contribution in [0.3, 0.4) is 0 Å². The molecular formula is C13H23N5S. The van der Waals surface area contributed by atoms with Gasteiger partial charge in [0.15, 0.2) is 5.16 Å². The van der Waals surface area contributed by atoms with Gasteiger partial charge in [-0.1, -0.05) is 25.6 Å². The summed E-state index contributed by atoms with van der Waals surface area (Å²) in [5.41, 5.74) is 0. The van der Waals surface area contributed by atoms with Crippen molar-refractivity contribution in [2.45, 2.75) is 38.3 Å². The Morgan fingerprint density at radius 1 is 1.16 bits per heavy atom. The van der Waals surface area contributed by atoms with E-state index in [9.17, 15) is 0 Å². The molecule has 0 aliphatic carbocycles. The average molecular weight is 281 g/mol. The molecule has 0 amide bonds. The van der Waals surface area contributed by atoms with Gasteiger partial charge in [-0.2, -0.15) is 15.0 Å². The molecule has 1 saturated heterocycles. The van der Waals surface area contributed by atoms with E-state index in [0.29, 0.717) is 11.9 Å². The molecule has 6 heteroatoms. The summed E-state index contributed by atoms with van der Waals surface area (Å²) in [7, 11) is 1.85. The SMILES string of the molecule is CNc1nc(SCC(C)C)nc(N2CCCCC2)n1. The highest BCUT2D eigenvalue weighted by atomic mass is 32.2. The first kappa shape index (κ1) is 14.4. The summed E-state index contributed by atoms with van der Waals surface area (Å²) in [6.07, 6.45) is 3.78. The van der Waals surface area contributed by atoms with E-state index in [1.54, 1.807) is 11.8 Å². The molecule has 0 radical (unpaired) electrons. The first-order chi connectivity index (χ1) is 9.19. The van der Waals surface area contributed by atoms with Crippen LogP contribution in [0.1, 0.15) is 33.1 Å². The number of thioether (sulfide) groups is 1. The molecule has 1 aromatic rings. The van der Waals surface area contributed by atoms with Crippen molar-refractivity contribution in [3.63, 3.8) is 0 Å². The van der Waals surface area contributed by atoms with E-state index in [4.69, 9.17) is 0 Å². The maximum Gasteiger partial charge on any atom is 0.231 e. The normalized spacial score (nSPS) is 15.9. The van der Waals surface area contributed by atoms with Gasteiger partial charge in [-0.05, 0) is 25.2 Å². The molecule has 0 saturated carbocycles. The van der Waals surface area contributed by atoms with Gasteiger partial charge in [0.05, 0.1) is 0 Å². The van der Waals surface area contributed by atoms with Crippen molar-refractivity contribution < 1.29 is 0 Å². The molecule has 0 aromatic carbocycles. The first-order valence-electron chi connectivity index (χ1n) is 7.00. The quantitative estimate of drug-likeness (QED) is 0.837. The molecular weight excluding hydrogens is 258 g/mol. The second-order valence-electron chi connectivity index (χ2n) is 5.24. The Kier molecular flexibility index (Phi) is 5.24. The van der Waals surface area contributed by atoms with E-state index in [-0.39, 0.29) is 0 Å². The van der Waals surface area contributed by atoms with Crippen LogP contribution >= 0.6 is 11.8 Å². The fourth-order valence-electron chi connectivity index (χ4n) is 2.00. The molecule has 0 unspecified atom stereocenters. The number of aromatic nitrogens is 3. The fourth-order valence-corrected chi connectivity index (χ4v) is 2.78. The van der Waals surface area contributed by atoms with Crippen LogP contribution in [0.25, 0.3) is 0 Å². The van der Waals surface area contributed by atoms with Gasteiger partial charge in [-0.3, -0.25) is 0 Å². The topological polar surface area (TPSA) is 53.9 Å². The van der Waals surface area contributed by atoms with Crippen molar-refractivity contribution in [2.24, 2.45) is 5.92 Å². The lowest BCUT2D eigenvalue weighted by molar-refractivity contribution is 0.565. The van der Waals surface area contributed by atoms with Gasteiger partial charge in [0.2, 0.25) is 11.9 Å². The van der Waals surface area contributed by atoms with E-state index in [2.05, 4.69) is 39.0 Å². The Balaban J connectivity index is 2.14. The Hall–Kier alpha value is -1.04. The zero-order valence-electron chi connectivity index (χ0n) is 12.0. The standard InChI is InChI=1S/C13H23N5S/c1-10(2)9-19-13-16-11(14-3)15-12(17-13)18-7-5-4-6-8-18/h10H,4-9H2,1-3H3,(H,14,15,16,17). The van der Waals surface area contributed by atoms with E-state index >= 15 is 0 Å². The van der Waals surface area contributed by atoms with Gasteiger partial charge >= 0.3 is 0 Å². The summed E-state index contributed by atoms with van der Waals surface area (Å²) in [5.74, 6) is 3.16. The van der Waals surface area contributed by atoms with Crippen molar-refractivity contribution in [3.05, 3.63) is 0 Å². The minimum atomic E-state index is 0.637. The van der Waals surface area contributed by atoms with Crippen LogP contribution < -0.4 is 10.2 Å². The smallest absolute Gasteiger partial charge is 0.231 e. The molecule has 1 aromatic heterocycles. The summed E-state index contributed by atoms with van der Waals surface area (Å²) < 4.78 is 0. The zero-order valence-corrected chi connectivity index (χ0v) is 12.8. The number of nitrogens with zero attached hydrogens (tertiary/aromatic N) is 4. The van der Waals surface area contributed by atoms with Gasteiger partial charge in [0.25, 0.3) is 0 Å². The van der Waals surface area contributed by atoms with Crippen LogP contribution in [0.2, 0.25) is 0 Å². The second kappa shape index (κ2) is 6.93. The average Bonchev–Trinajstić information content (AvgIpc) is 2.45. The van der Waals surface area contributed by atoms with Gasteiger partial charge < -0.3 is 10.2 Å². The van der Waals surface area contributed by atoms with Gasteiger partial charge in [-0.15, -0.1) is 0 Å². The highest BCUT2D eigenvalue weighted by Gasteiger charge is 2.16. The molecule has 0 bridgehead atoms. The van der Waals surface area contributed by atoms with Crippen LogP contribution in [0.5, 0.6) is 0 Å². The van der Waals surface area contributed by atoms with Gasteiger partial charge in [-0.25, -0.2) is 0 Å². The van der Waals surface area contributed by atoms with Crippen LogP contribution in [0.4, 0.5) is 11.9 Å². The highest BCUT2D eigenvalue weighted by molar-refractivity contribution is 7.99. The number of rotatable bonds is 5. The lowest BCUT2D eigenvalue weighted by atomic mass is 10.1. The summed E-state index contributed by atoms with van der Waals surface area (Å²) in [5, 5.41) is 3.86. The van der Waals surface area contributed by atoms with E-state index in [1.165, 1.54) is 19.3 Å². The number of hydrogen-bond acceptors (Lipinski definition) is 6. The van der Waals surface area contributed by atoms with Crippen LogP contribution in [0, 0.1) is 5.92 Å². The monoisotopic (exact) mass is 281 g/mol.